The number of carbonyl (C=O) groups excluding carboxylic acids is 3. The summed E-state index contributed by atoms with van der Waals surface area (Å²) in [7, 11) is -2.57. The van der Waals surface area contributed by atoms with Gasteiger partial charge in [0.15, 0.2) is 5.78 Å². The highest BCUT2D eigenvalue weighted by atomic mass is 32.2. The number of ether oxygens (including phenoxy) is 1. The number of aryl methyl sites for hydroxylation is 1. The van der Waals surface area contributed by atoms with Crippen molar-refractivity contribution in [2.45, 2.75) is 31.0 Å². The summed E-state index contributed by atoms with van der Waals surface area (Å²) in [6, 6.07) is 10.0. The van der Waals surface area contributed by atoms with E-state index in [4.69, 9.17) is 9.84 Å². The van der Waals surface area contributed by atoms with Gasteiger partial charge in [-0.25, -0.2) is 13.9 Å². The van der Waals surface area contributed by atoms with Gasteiger partial charge >= 0.3 is 16.3 Å². The molecule has 0 unspecified atom stereocenters. The van der Waals surface area contributed by atoms with Crippen LogP contribution in [0.2, 0.25) is 0 Å². The second-order valence-corrected chi connectivity index (χ2v) is 12.9. The molecular weight excluding hydrogens is 611 g/mol. The van der Waals surface area contributed by atoms with E-state index < -0.39 is 57.9 Å². The largest absolute Gasteiger partial charge is 0.464 e. The van der Waals surface area contributed by atoms with Crippen LogP contribution in [0.4, 0.5) is 9.18 Å². The molecule has 45 heavy (non-hydrogen) atoms. The summed E-state index contributed by atoms with van der Waals surface area (Å²) in [5.41, 5.74) is 1.42. The van der Waals surface area contributed by atoms with Gasteiger partial charge in [0.05, 0.1) is 6.20 Å². The van der Waals surface area contributed by atoms with Crippen molar-refractivity contribution in [1.29, 1.82) is 0 Å². The van der Waals surface area contributed by atoms with Gasteiger partial charge in [0.25, 0.3) is 5.91 Å². The summed E-state index contributed by atoms with van der Waals surface area (Å²) >= 11 is 0. The van der Waals surface area contributed by atoms with Gasteiger partial charge in [0.1, 0.15) is 19.1 Å². The Bertz CT molecular complexity index is 1810. The van der Waals surface area contributed by atoms with E-state index in [2.05, 4.69) is 5.10 Å². The number of halogens is 1. The number of hydrogen-bond acceptors (Lipinski definition) is 8. The van der Waals surface area contributed by atoms with Crippen molar-refractivity contribution >= 4 is 33.9 Å². The lowest BCUT2D eigenvalue weighted by Gasteiger charge is -2.31. The molecule has 1 aliphatic carbocycles. The Balaban J connectivity index is 1.22. The zero-order valence-electron chi connectivity index (χ0n) is 24.1. The maximum atomic E-state index is 13.8. The Morgan fingerprint density at radius 2 is 1.93 bits per heavy atom. The van der Waals surface area contributed by atoms with Gasteiger partial charge in [-0.05, 0) is 35.2 Å². The van der Waals surface area contributed by atoms with Crippen molar-refractivity contribution in [3.05, 3.63) is 77.4 Å². The van der Waals surface area contributed by atoms with E-state index in [1.54, 1.807) is 30.1 Å². The molecule has 1 aromatic heterocycles. The average Bonchev–Trinajstić information content (AvgIpc) is 3.76. The van der Waals surface area contributed by atoms with Gasteiger partial charge in [0.2, 0.25) is 11.5 Å². The number of amides is 3. The maximum Gasteiger partial charge on any atom is 0.419 e. The number of fused-ring (bicyclic) bond motifs is 2. The Morgan fingerprint density at radius 3 is 2.62 bits per heavy atom. The Labute approximate surface area is 257 Å². The Hall–Kier alpha value is -4.67. The first-order chi connectivity index (χ1) is 21.4. The Kier molecular flexibility index (Phi) is 7.66. The number of carboxylic acid groups (broad SMARTS) is 1. The first kappa shape index (κ1) is 30.4. The normalized spacial score (nSPS) is 21.5. The van der Waals surface area contributed by atoms with Crippen LogP contribution in [0.15, 0.2) is 54.9 Å². The van der Waals surface area contributed by atoms with Crippen molar-refractivity contribution in [1.82, 2.24) is 28.6 Å². The zero-order chi connectivity index (χ0) is 32.1. The summed E-state index contributed by atoms with van der Waals surface area (Å²) < 4.78 is 48.5. The molecule has 2 aromatic carbocycles. The molecule has 236 valence electrons. The SMILES string of the molecule is Cn1cc(-c2ccc3c(c2)CC(=O)[C@]32OCN(CC(=O)N(Cc3ccc(F)cc3)[C@@H]3CCN(S(=O)(=O)NC(=O)O)C3)C2=O)cn1. The number of hydrogen-bond donors (Lipinski definition) is 2. The van der Waals surface area contributed by atoms with Gasteiger partial charge in [0, 0.05) is 56.5 Å². The molecule has 0 radical (unpaired) electrons. The highest BCUT2D eigenvalue weighted by Gasteiger charge is 2.59. The van der Waals surface area contributed by atoms with Crippen LogP contribution >= 0.6 is 0 Å². The van der Waals surface area contributed by atoms with Crippen molar-refractivity contribution in [2.24, 2.45) is 7.05 Å². The fraction of sp³-hybridized carbons (Fsp3) is 0.345. The van der Waals surface area contributed by atoms with Gasteiger partial charge in [-0.15, -0.1) is 0 Å². The van der Waals surface area contributed by atoms with Crippen LogP contribution in [0.25, 0.3) is 11.1 Å². The lowest BCUT2D eigenvalue weighted by molar-refractivity contribution is -0.149. The lowest BCUT2D eigenvalue weighted by Crippen LogP contribution is -2.49. The van der Waals surface area contributed by atoms with E-state index in [-0.39, 0.29) is 39.2 Å². The van der Waals surface area contributed by atoms with Gasteiger partial charge in [-0.3, -0.25) is 19.1 Å². The van der Waals surface area contributed by atoms with E-state index in [0.29, 0.717) is 16.7 Å². The van der Waals surface area contributed by atoms with Crippen LogP contribution in [-0.2, 0) is 54.9 Å². The number of Topliss-reactive ketones (excluding diaryl/α,β-unsaturated/α-hetero) is 1. The molecule has 3 aliphatic rings. The molecule has 0 bridgehead atoms. The Morgan fingerprint density at radius 1 is 1.18 bits per heavy atom. The smallest absolute Gasteiger partial charge is 0.419 e. The molecule has 2 N–H and O–H groups in total. The number of nitrogens with one attached hydrogen (secondary N) is 1. The summed E-state index contributed by atoms with van der Waals surface area (Å²) in [4.78, 5) is 54.5. The minimum absolute atomic E-state index is 0.0234. The highest BCUT2D eigenvalue weighted by molar-refractivity contribution is 7.87. The number of benzene rings is 2. The monoisotopic (exact) mass is 640 g/mol. The molecule has 3 amide bonds. The van der Waals surface area contributed by atoms with Crippen LogP contribution in [-0.4, -0.2) is 93.5 Å². The van der Waals surface area contributed by atoms with Crippen molar-refractivity contribution in [2.75, 3.05) is 26.4 Å². The molecule has 16 heteroatoms. The minimum Gasteiger partial charge on any atom is -0.464 e. The number of rotatable bonds is 8. The topological polar surface area (TPSA) is 171 Å². The van der Waals surface area contributed by atoms with Crippen molar-refractivity contribution in [3.63, 3.8) is 0 Å². The fourth-order valence-electron chi connectivity index (χ4n) is 6.13. The van der Waals surface area contributed by atoms with Crippen LogP contribution in [0.3, 0.4) is 0 Å². The third-order valence-electron chi connectivity index (χ3n) is 8.33. The minimum atomic E-state index is -4.36. The summed E-state index contributed by atoms with van der Waals surface area (Å²) in [6.45, 7) is -1.07. The molecule has 6 rings (SSSR count). The maximum absolute atomic E-state index is 13.8. The van der Waals surface area contributed by atoms with Gasteiger partial charge in [-0.1, -0.05) is 30.3 Å². The third kappa shape index (κ3) is 5.55. The molecule has 0 saturated carbocycles. The van der Waals surface area contributed by atoms with Gasteiger partial charge in [-0.2, -0.15) is 17.8 Å². The predicted octanol–water partition coefficient (Wildman–Crippen LogP) is 0.979. The molecule has 3 heterocycles. The van der Waals surface area contributed by atoms with E-state index in [0.717, 1.165) is 20.3 Å². The number of ketones is 1. The van der Waals surface area contributed by atoms with Crippen molar-refractivity contribution in [3.8, 4) is 11.1 Å². The lowest BCUT2D eigenvalue weighted by atomic mass is 9.92. The zero-order valence-corrected chi connectivity index (χ0v) is 24.9. The predicted molar refractivity (Wildman–Crippen MR) is 154 cm³/mol. The van der Waals surface area contributed by atoms with E-state index >= 15 is 0 Å². The van der Waals surface area contributed by atoms with Crippen LogP contribution in [0, 0.1) is 5.82 Å². The summed E-state index contributed by atoms with van der Waals surface area (Å²) in [5.74, 6) is -2.14. The molecule has 2 atom stereocenters. The second kappa shape index (κ2) is 11.4. The van der Waals surface area contributed by atoms with Gasteiger partial charge < -0.3 is 19.6 Å². The van der Waals surface area contributed by atoms with Crippen molar-refractivity contribution < 1.29 is 41.8 Å². The van der Waals surface area contributed by atoms with E-state index in [1.807, 2.05) is 12.3 Å². The van der Waals surface area contributed by atoms with E-state index in [9.17, 15) is 32.0 Å². The molecule has 2 fully saturated rings. The molecule has 3 aromatic rings. The standard InChI is InChI=1S/C29H29FN6O8S/c1-33-14-21(12-31-33)19-4-7-24-20(10-19)11-25(37)29(24)27(39)34(17-44-29)16-26(38)36(13-18-2-5-22(30)6-3-18)23-8-9-35(15-23)45(42,43)32-28(40)41/h2-7,10,12,14,23,32H,8-9,11,13,15-17H2,1H3,(H,40,41)/t23-,29-/m1/s1. The molecule has 2 saturated heterocycles. The molecule has 14 nitrogen and oxygen atoms in total. The average molecular weight is 641 g/mol. The fourth-order valence-corrected chi connectivity index (χ4v) is 7.19. The number of carbonyl (C=O) groups is 4. The quantitative estimate of drug-likeness (QED) is 0.341. The van der Waals surface area contributed by atoms with Crippen LogP contribution in [0.1, 0.15) is 23.1 Å². The third-order valence-corrected chi connectivity index (χ3v) is 9.77. The molecular formula is C29H29FN6O8S. The van der Waals surface area contributed by atoms with Crippen LogP contribution in [0.5, 0.6) is 0 Å². The summed E-state index contributed by atoms with van der Waals surface area (Å²) in [6.07, 6.45) is 1.95. The summed E-state index contributed by atoms with van der Waals surface area (Å²) in [5, 5.41) is 13.1. The number of nitrogens with zero attached hydrogens (tertiary/aromatic N) is 5. The molecule has 1 spiro atoms. The number of aromatic nitrogens is 2. The highest BCUT2D eigenvalue weighted by Crippen LogP contribution is 2.43. The van der Waals surface area contributed by atoms with E-state index in [1.165, 1.54) is 33.9 Å². The first-order valence-electron chi connectivity index (χ1n) is 14.0. The first-order valence-corrected chi connectivity index (χ1v) is 15.4. The van der Waals surface area contributed by atoms with Crippen LogP contribution < -0.4 is 4.72 Å². The second-order valence-electron chi connectivity index (χ2n) is 11.2. The molecule has 2 aliphatic heterocycles.